The van der Waals surface area contributed by atoms with Crippen LogP contribution in [0.2, 0.25) is 0 Å². The molecule has 2 aliphatic carbocycles. The van der Waals surface area contributed by atoms with Gasteiger partial charge in [-0.1, -0.05) is 19.8 Å². The van der Waals surface area contributed by atoms with Gasteiger partial charge in [0.2, 0.25) is 0 Å². The predicted molar refractivity (Wildman–Crippen MR) is 71.9 cm³/mol. The molecule has 2 aliphatic rings. The fourth-order valence-corrected chi connectivity index (χ4v) is 3.10. The van der Waals surface area contributed by atoms with E-state index < -0.39 is 5.97 Å². The van der Waals surface area contributed by atoms with Gasteiger partial charge in [0.15, 0.2) is 0 Å². The summed E-state index contributed by atoms with van der Waals surface area (Å²) in [6, 6.07) is 0.296. The van der Waals surface area contributed by atoms with E-state index in [9.17, 15) is 9.59 Å². The van der Waals surface area contributed by atoms with E-state index in [1.165, 1.54) is 11.3 Å². The number of carboxylic acids is 1. The molecular weight excluding hydrogens is 244 g/mol. The van der Waals surface area contributed by atoms with Crippen LogP contribution in [0.25, 0.3) is 0 Å². The van der Waals surface area contributed by atoms with Crippen LogP contribution in [0.1, 0.15) is 45.4 Å². The fourth-order valence-electron chi connectivity index (χ4n) is 3.10. The lowest BCUT2D eigenvalue weighted by Crippen LogP contribution is -2.51. The molecule has 2 amide bonds. The first-order chi connectivity index (χ1) is 9.00. The van der Waals surface area contributed by atoms with Crippen LogP contribution >= 0.6 is 0 Å². The summed E-state index contributed by atoms with van der Waals surface area (Å²) >= 11 is 0. The Balaban J connectivity index is 2.01. The summed E-state index contributed by atoms with van der Waals surface area (Å²) < 4.78 is 0. The zero-order chi connectivity index (χ0) is 14.0. The summed E-state index contributed by atoms with van der Waals surface area (Å²) in [7, 11) is 1.83. The molecule has 0 saturated heterocycles. The van der Waals surface area contributed by atoms with Crippen LogP contribution in [0.15, 0.2) is 0 Å². The molecule has 0 aromatic heterocycles. The van der Waals surface area contributed by atoms with Crippen LogP contribution < -0.4 is 0 Å². The molecule has 108 valence electrons. The summed E-state index contributed by atoms with van der Waals surface area (Å²) in [6.45, 7) is 2.02. The third kappa shape index (κ3) is 3.39. The van der Waals surface area contributed by atoms with Gasteiger partial charge in [-0.3, -0.25) is 4.79 Å². The molecule has 2 rings (SSSR count). The molecule has 2 fully saturated rings. The smallest absolute Gasteiger partial charge is 0.323 e. The Hall–Kier alpha value is -1.26. The molecule has 1 N–H and O–H groups in total. The molecule has 0 heterocycles. The van der Waals surface area contributed by atoms with E-state index in [0.717, 1.165) is 32.1 Å². The minimum atomic E-state index is -0.926. The van der Waals surface area contributed by atoms with Gasteiger partial charge in [-0.2, -0.15) is 0 Å². The van der Waals surface area contributed by atoms with Crippen molar-refractivity contribution in [3.63, 3.8) is 0 Å². The fraction of sp³-hybridized carbons (Fsp3) is 0.857. The van der Waals surface area contributed by atoms with Crippen LogP contribution in [0.3, 0.4) is 0 Å². The maximum absolute atomic E-state index is 12.5. The summed E-state index contributed by atoms with van der Waals surface area (Å²) in [5.74, 6) is -0.418. The van der Waals surface area contributed by atoms with Crippen molar-refractivity contribution in [2.75, 3.05) is 13.6 Å². The number of hydrogen-bond acceptors (Lipinski definition) is 2. The van der Waals surface area contributed by atoms with Crippen LogP contribution in [-0.4, -0.2) is 52.6 Å². The normalized spacial score (nSPS) is 26.8. The SMILES string of the molecule is CC1CCCCC1N(C)C(=O)N(CC(=O)O)C1CC1. The molecule has 0 spiro atoms. The van der Waals surface area contributed by atoms with E-state index in [4.69, 9.17) is 5.11 Å². The van der Waals surface area contributed by atoms with Crippen molar-refractivity contribution in [3.8, 4) is 0 Å². The van der Waals surface area contributed by atoms with Gasteiger partial charge in [0.1, 0.15) is 6.54 Å². The maximum Gasteiger partial charge on any atom is 0.323 e. The van der Waals surface area contributed by atoms with Crippen LogP contribution in [0.4, 0.5) is 4.79 Å². The van der Waals surface area contributed by atoms with Gasteiger partial charge in [-0.15, -0.1) is 0 Å². The van der Waals surface area contributed by atoms with Gasteiger partial charge >= 0.3 is 12.0 Å². The number of urea groups is 1. The van der Waals surface area contributed by atoms with Crippen molar-refractivity contribution in [2.24, 2.45) is 5.92 Å². The molecule has 0 radical (unpaired) electrons. The highest BCUT2D eigenvalue weighted by Crippen LogP contribution is 2.31. The number of carbonyl (C=O) groups excluding carboxylic acids is 1. The Kier molecular flexibility index (Phi) is 4.32. The molecule has 19 heavy (non-hydrogen) atoms. The monoisotopic (exact) mass is 268 g/mol. The van der Waals surface area contributed by atoms with Gasteiger partial charge < -0.3 is 14.9 Å². The Morgan fingerprint density at radius 3 is 2.32 bits per heavy atom. The molecule has 0 aromatic rings. The number of nitrogens with zero attached hydrogens (tertiary/aromatic N) is 2. The minimum Gasteiger partial charge on any atom is -0.480 e. The standard InChI is InChI=1S/C14H24N2O3/c1-10-5-3-4-6-12(10)15(2)14(19)16(9-13(17)18)11-7-8-11/h10-12H,3-9H2,1-2H3,(H,17,18). The quantitative estimate of drug-likeness (QED) is 0.850. The lowest BCUT2D eigenvalue weighted by molar-refractivity contribution is -0.137. The Morgan fingerprint density at radius 2 is 1.79 bits per heavy atom. The van der Waals surface area contributed by atoms with Crippen molar-refractivity contribution < 1.29 is 14.7 Å². The molecule has 5 heteroatoms. The van der Waals surface area contributed by atoms with Crippen molar-refractivity contribution in [1.82, 2.24) is 9.80 Å². The third-order valence-electron chi connectivity index (χ3n) is 4.40. The van der Waals surface area contributed by atoms with Crippen LogP contribution in [-0.2, 0) is 4.79 Å². The second kappa shape index (κ2) is 5.80. The number of carboxylic acid groups (broad SMARTS) is 1. The Bertz CT molecular complexity index is 355. The minimum absolute atomic E-state index is 0.108. The molecule has 0 bridgehead atoms. The number of rotatable bonds is 4. The van der Waals surface area contributed by atoms with Gasteiger partial charge in [0, 0.05) is 19.1 Å². The molecule has 2 atom stereocenters. The highest BCUT2D eigenvalue weighted by atomic mass is 16.4. The molecule has 2 unspecified atom stereocenters. The van der Waals surface area contributed by atoms with Crippen LogP contribution in [0, 0.1) is 5.92 Å². The lowest BCUT2D eigenvalue weighted by atomic mass is 9.85. The van der Waals surface area contributed by atoms with Gasteiger partial charge in [0.05, 0.1) is 0 Å². The van der Waals surface area contributed by atoms with E-state index in [2.05, 4.69) is 6.92 Å². The number of carbonyl (C=O) groups is 2. The molecule has 0 aromatic carbocycles. The first kappa shape index (κ1) is 14.2. The second-order valence-electron chi connectivity index (χ2n) is 5.98. The predicted octanol–water partition coefficient (Wildman–Crippen LogP) is 2.17. The van der Waals surface area contributed by atoms with Crippen molar-refractivity contribution in [1.29, 1.82) is 0 Å². The highest BCUT2D eigenvalue weighted by Gasteiger charge is 2.38. The van der Waals surface area contributed by atoms with E-state index in [-0.39, 0.29) is 24.7 Å². The summed E-state index contributed by atoms with van der Waals surface area (Å²) in [5, 5.41) is 8.94. The molecular formula is C14H24N2O3. The van der Waals surface area contributed by atoms with E-state index in [1.54, 1.807) is 4.90 Å². The molecule has 0 aliphatic heterocycles. The maximum atomic E-state index is 12.5. The topological polar surface area (TPSA) is 60.9 Å². The lowest BCUT2D eigenvalue weighted by Gasteiger charge is -2.38. The number of aliphatic carboxylic acids is 1. The summed E-state index contributed by atoms with van der Waals surface area (Å²) in [5.41, 5.74) is 0. The molecule has 5 nitrogen and oxygen atoms in total. The van der Waals surface area contributed by atoms with Gasteiger partial charge in [0.25, 0.3) is 0 Å². The molecule has 2 saturated carbocycles. The van der Waals surface area contributed by atoms with Crippen molar-refractivity contribution in [3.05, 3.63) is 0 Å². The zero-order valence-electron chi connectivity index (χ0n) is 11.8. The third-order valence-corrected chi connectivity index (χ3v) is 4.40. The number of amides is 2. The van der Waals surface area contributed by atoms with Crippen molar-refractivity contribution in [2.45, 2.75) is 57.5 Å². The van der Waals surface area contributed by atoms with Gasteiger partial charge in [-0.05, 0) is 31.6 Å². The van der Waals surface area contributed by atoms with E-state index in [1.807, 2.05) is 7.05 Å². The average molecular weight is 268 g/mol. The first-order valence-corrected chi connectivity index (χ1v) is 7.26. The first-order valence-electron chi connectivity index (χ1n) is 7.26. The summed E-state index contributed by atoms with van der Waals surface area (Å²) in [6.07, 6.45) is 6.47. The zero-order valence-corrected chi connectivity index (χ0v) is 11.8. The largest absolute Gasteiger partial charge is 0.480 e. The Morgan fingerprint density at radius 1 is 1.16 bits per heavy atom. The number of hydrogen-bond donors (Lipinski definition) is 1. The van der Waals surface area contributed by atoms with E-state index in [0.29, 0.717) is 5.92 Å². The second-order valence-corrected chi connectivity index (χ2v) is 5.98. The highest BCUT2D eigenvalue weighted by molar-refractivity contribution is 5.80. The van der Waals surface area contributed by atoms with Crippen LogP contribution in [0.5, 0.6) is 0 Å². The van der Waals surface area contributed by atoms with E-state index >= 15 is 0 Å². The average Bonchev–Trinajstić information content (AvgIpc) is 3.19. The Labute approximate surface area is 114 Å². The summed E-state index contributed by atoms with van der Waals surface area (Å²) in [4.78, 5) is 26.7. The van der Waals surface area contributed by atoms with Gasteiger partial charge in [-0.25, -0.2) is 4.79 Å². The van der Waals surface area contributed by atoms with Crippen molar-refractivity contribution >= 4 is 12.0 Å².